The van der Waals surface area contributed by atoms with E-state index in [1.54, 1.807) is 24.4 Å². The number of aliphatic hydroxyl groups is 1. The third-order valence-electron chi connectivity index (χ3n) is 4.71. The minimum absolute atomic E-state index is 0.000888. The molecule has 2 aromatic rings. The van der Waals surface area contributed by atoms with E-state index in [-0.39, 0.29) is 23.4 Å². The number of methoxy groups -OCH3 is 1. The molecule has 152 valence electrons. The lowest BCUT2D eigenvalue weighted by atomic mass is 9.98. The number of nitrogens with zero attached hydrogens (tertiary/aromatic N) is 3. The summed E-state index contributed by atoms with van der Waals surface area (Å²) in [6.45, 7) is 0.773. The van der Waals surface area contributed by atoms with Crippen molar-refractivity contribution in [1.82, 2.24) is 14.8 Å². The summed E-state index contributed by atoms with van der Waals surface area (Å²) in [7, 11) is 5.07. The van der Waals surface area contributed by atoms with Gasteiger partial charge in [0.25, 0.3) is 11.7 Å². The second-order valence-electron chi connectivity index (χ2n) is 6.89. The molecule has 0 unspecified atom stereocenters. The number of hydrogen-bond donors (Lipinski definition) is 1. The number of amides is 1. The number of hydrogen-bond acceptors (Lipinski definition) is 6. The van der Waals surface area contributed by atoms with Crippen LogP contribution < -0.4 is 4.74 Å². The number of pyridine rings is 1. The van der Waals surface area contributed by atoms with E-state index in [4.69, 9.17) is 4.74 Å². The minimum atomic E-state index is -0.885. The zero-order valence-electron chi connectivity index (χ0n) is 16.4. The number of aliphatic hydroxyl groups excluding tert-OH is 1. The molecule has 1 aliphatic heterocycles. The number of benzene rings is 1. The molecule has 1 aliphatic rings. The predicted octanol–water partition coefficient (Wildman–Crippen LogP) is 2.21. The summed E-state index contributed by atoms with van der Waals surface area (Å²) in [5.74, 6) is -2.50. The first-order valence-corrected chi connectivity index (χ1v) is 9.03. The highest BCUT2D eigenvalue weighted by atomic mass is 19.1. The highest BCUT2D eigenvalue weighted by Gasteiger charge is 2.46. The molecule has 1 saturated heterocycles. The molecule has 1 aromatic carbocycles. The number of ketones is 1. The number of Topliss-reactive ketones (excluding diaryl/α,β-unsaturated/α-hetero) is 1. The lowest BCUT2D eigenvalue weighted by Gasteiger charge is -2.25. The number of halogens is 1. The van der Waals surface area contributed by atoms with E-state index in [0.717, 1.165) is 6.07 Å². The van der Waals surface area contributed by atoms with Crippen LogP contribution in [0.2, 0.25) is 0 Å². The summed E-state index contributed by atoms with van der Waals surface area (Å²) in [6, 6.07) is 7.84. The minimum Gasteiger partial charge on any atom is -0.507 e. The van der Waals surface area contributed by atoms with Crippen molar-refractivity contribution in [1.29, 1.82) is 0 Å². The summed E-state index contributed by atoms with van der Waals surface area (Å²) in [4.78, 5) is 33.1. The largest absolute Gasteiger partial charge is 0.507 e. The first-order chi connectivity index (χ1) is 13.8. The van der Waals surface area contributed by atoms with Crippen LogP contribution in [0, 0.1) is 5.82 Å². The molecule has 1 aromatic heterocycles. The van der Waals surface area contributed by atoms with E-state index in [9.17, 15) is 19.1 Å². The van der Waals surface area contributed by atoms with Crippen LogP contribution in [0.1, 0.15) is 17.3 Å². The van der Waals surface area contributed by atoms with Gasteiger partial charge >= 0.3 is 0 Å². The van der Waals surface area contributed by atoms with Crippen LogP contribution in [0.5, 0.6) is 5.75 Å². The van der Waals surface area contributed by atoms with Crippen LogP contribution in [-0.4, -0.2) is 65.9 Å². The van der Waals surface area contributed by atoms with Gasteiger partial charge < -0.3 is 19.6 Å². The van der Waals surface area contributed by atoms with Crippen molar-refractivity contribution >= 4 is 17.4 Å². The lowest BCUT2D eigenvalue weighted by Crippen LogP contribution is -2.35. The van der Waals surface area contributed by atoms with Crippen LogP contribution >= 0.6 is 0 Å². The van der Waals surface area contributed by atoms with Gasteiger partial charge in [-0.15, -0.1) is 0 Å². The molecule has 1 amide bonds. The van der Waals surface area contributed by atoms with Gasteiger partial charge in [-0.2, -0.15) is 0 Å². The Labute approximate surface area is 168 Å². The normalized spacial score (nSPS) is 18.5. The van der Waals surface area contributed by atoms with Gasteiger partial charge in [0.2, 0.25) is 0 Å². The molecule has 29 heavy (non-hydrogen) atoms. The highest BCUT2D eigenvalue weighted by Crippen LogP contribution is 2.40. The highest BCUT2D eigenvalue weighted by molar-refractivity contribution is 6.46. The number of carbonyl (C=O) groups excluding carboxylic acids is 2. The third kappa shape index (κ3) is 3.97. The predicted molar refractivity (Wildman–Crippen MR) is 105 cm³/mol. The van der Waals surface area contributed by atoms with Crippen molar-refractivity contribution in [2.45, 2.75) is 6.04 Å². The molecule has 1 atom stereocenters. The first kappa shape index (κ1) is 20.5. The van der Waals surface area contributed by atoms with E-state index in [1.165, 1.54) is 24.1 Å². The first-order valence-electron chi connectivity index (χ1n) is 9.03. The quantitative estimate of drug-likeness (QED) is 0.456. The fourth-order valence-corrected chi connectivity index (χ4v) is 3.27. The summed E-state index contributed by atoms with van der Waals surface area (Å²) in [6.07, 6.45) is 1.55. The number of carbonyl (C=O) groups is 2. The number of aromatic nitrogens is 1. The van der Waals surface area contributed by atoms with Gasteiger partial charge in [0.1, 0.15) is 23.4 Å². The van der Waals surface area contributed by atoms with Crippen LogP contribution in [0.4, 0.5) is 4.39 Å². The molecule has 0 bridgehead atoms. The van der Waals surface area contributed by atoms with Crippen molar-refractivity contribution in [3.63, 3.8) is 0 Å². The monoisotopic (exact) mass is 399 g/mol. The Morgan fingerprint density at radius 2 is 2.03 bits per heavy atom. The van der Waals surface area contributed by atoms with Gasteiger partial charge in [0, 0.05) is 19.3 Å². The fourth-order valence-electron chi connectivity index (χ4n) is 3.27. The van der Waals surface area contributed by atoms with E-state index in [1.807, 2.05) is 19.0 Å². The third-order valence-corrected chi connectivity index (χ3v) is 4.71. The van der Waals surface area contributed by atoms with E-state index in [2.05, 4.69) is 4.98 Å². The topological polar surface area (TPSA) is 83.0 Å². The Kier molecular flexibility index (Phi) is 5.93. The number of likely N-dealkylation sites (tertiary alicyclic amines) is 1. The van der Waals surface area contributed by atoms with Crippen LogP contribution in [0.3, 0.4) is 0 Å². The second kappa shape index (κ2) is 8.40. The van der Waals surface area contributed by atoms with E-state index in [0.29, 0.717) is 12.2 Å². The summed E-state index contributed by atoms with van der Waals surface area (Å²) in [5, 5.41) is 11.0. The molecule has 1 fully saturated rings. The molecule has 0 aliphatic carbocycles. The Morgan fingerprint density at radius 1 is 1.28 bits per heavy atom. The zero-order valence-corrected chi connectivity index (χ0v) is 16.4. The van der Waals surface area contributed by atoms with E-state index >= 15 is 0 Å². The molecular weight excluding hydrogens is 377 g/mol. The van der Waals surface area contributed by atoms with Crippen molar-refractivity contribution < 1.29 is 23.8 Å². The van der Waals surface area contributed by atoms with Gasteiger partial charge in [-0.1, -0.05) is 6.07 Å². The van der Waals surface area contributed by atoms with Crippen LogP contribution in [0.25, 0.3) is 5.76 Å². The summed E-state index contributed by atoms with van der Waals surface area (Å²) in [5.41, 5.74) is 0.290. The molecule has 0 spiro atoms. The Bertz CT molecular complexity index is 960. The van der Waals surface area contributed by atoms with Gasteiger partial charge in [-0.05, 0) is 44.4 Å². The summed E-state index contributed by atoms with van der Waals surface area (Å²) >= 11 is 0. The molecule has 2 heterocycles. The Morgan fingerprint density at radius 3 is 2.66 bits per heavy atom. The smallest absolute Gasteiger partial charge is 0.295 e. The second-order valence-corrected chi connectivity index (χ2v) is 6.89. The van der Waals surface area contributed by atoms with Gasteiger partial charge in [0.15, 0.2) is 0 Å². The number of rotatable bonds is 6. The van der Waals surface area contributed by atoms with Crippen molar-refractivity contribution in [3.05, 3.63) is 65.2 Å². The Balaban J connectivity index is 2.19. The van der Waals surface area contributed by atoms with Crippen LogP contribution in [0.15, 0.2) is 48.2 Å². The van der Waals surface area contributed by atoms with Gasteiger partial charge in [0.05, 0.1) is 23.9 Å². The van der Waals surface area contributed by atoms with Gasteiger partial charge in [-0.3, -0.25) is 14.6 Å². The molecular formula is C21H22FN3O4. The molecule has 0 radical (unpaired) electrons. The standard InChI is InChI=1S/C21H22FN3O4/c1-24(2)10-11-25-18(15-6-4-5-9-23-15)17(20(27)21(25)28)19(26)14-12-13(22)7-8-16(14)29-3/h4-9,12,18,26H,10-11H2,1-3H3/b19-17+/t18-/m1/s1. The molecule has 0 saturated carbocycles. The Hall–Kier alpha value is -3.26. The molecule has 7 nitrogen and oxygen atoms in total. The van der Waals surface area contributed by atoms with E-state index < -0.39 is 29.3 Å². The maximum atomic E-state index is 13.8. The van der Waals surface area contributed by atoms with Crippen molar-refractivity contribution in [2.24, 2.45) is 0 Å². The average molecular weight is 399 g/mol. The van der Waals surface area contributed by atoms with Crippen molar-refractivity contribution in [3.8, 4) is 5.75 Å². The maximum Gasteiger partial charge on any atom is 0.295 e. The summed E-state index contributed by atoms with van der Waals surface area (Å²) < 4.78 is 19.0. The maximum absolute atomic E-state index is 13.8. The van der Waals surface area contributed by atoms with Crippen LogP contribution in [-0.2, 0) is 9.59 Å². The SMILES string of the molecule is COc1ccc(F)cc1/C(O)=C1\C(=O)C(=O)N(CCN(C)C)[C@@H]1c1ccccn1. The number of likely N-dealkylation sites (N-methyl/N-ethyl adjacent to an activating group) is 1. The lowest BCUT2D eigenvalue weighted by molar-refractivity contribution is -0.140. The zero-order chi connectivity index (χ0) is 21.1. The van der Waals surface area contributed by atoms with Crippen molar-refractivity contribution in [2.75, 3.05) is 34.3 Å². The number of ether oxygens (including phenoxy) is 1. The molecule has 3 rings (SSSR count). The average Bonchev–Trinajstić information content (AvgIpc) is 2.97. The fraction of sp³-hybridized carbons (Fsp3) is 0.286. The molecule has 1 N–H and O–H groups in total. The molecule has 8 heteroatoms. The van der Waals surface area contributed by atoms with Gasteiger partial charge in [-0.25, -0.2) is 4.39 Å².